The Morgan fingerprint density at radius 1 is 1.00 bits per heavy atom. The minimum atomic E-state index is -4.57. The summed E-state index contributed by atoms with van der Waals surface area (Å²) in [4.78, 5) is 16.1. The van der Waals surface area contributed by atoms with Crippen LogP contribution in [-0.2, 0) is 18.9 Å². The summed E-state index contributed by atoms with van der Waals surface area (Å²) in [5.74, 6) is 0. The van der Waals surface area contributed by atoms with Crippen LogP contribution in [-0.4, -0.2) is 51.8 Å². The van der Waals surface area contributed by atoms with Crippen LogP contribution >= 0.6 is 0 Å². The van der Waals surface area contributed by atoms with Crippen LogP contribution < -0.4 is 0 Å². The molecule has 0 N–H and O–H groups in total. The number of hydrogen-bond donors (Lipinski definition) is 0. The zero-order chi connectivity index (χ0) is 22.4. The lowest BCUT2D eigenvalue weighted by Gasteiger charge is -2.25. The van der Waals surface area contributed by atoms with E-state index in [9.17, 15) is 31.1 Å². The second-order valence-corrected chi connectivity index (χ2v) is 8.28. The van der Waals surface area contributed by atoms with Crippen LogP contribution in [0, 0.1) is 5.41 Å². The average molecular weight is 446 g/mol. The van der Waals surface area contributed by atoms with Gasteiger partial charge in [0.25, 0.3) is 0 Å². The van der Waals surface area contributed by atoms with Gasteiger partial charge in [0, 0.05) is 37.8 Å². The maximum Gasteiger partial charge on any atom is 0.419 e. The number of nitrogens with zero attached hydrogens (tertiary/aromatic N) is 4. The lowest BCUT2D eigenvalue weighted by molar-refractivity contribution is -0.138. The van der Waals surface area contributed by atoms with E-state index < -0.39 is 29.5 Å². The summed E-state index contributed by atoms with van der Waals surface area (Å²) < 4.78 is 77.7. The van der Waals surface area contributed by atoms with Gasteiger partial charge in [-0.2, -0.15) is 36.1 Å². The molecule has 1 aromatic heterocycles. The molecular formula is C20H20F6N4O. The van der Waals surface area contributed by atoms with Crippen LogP contribution in [0.4, 0.5) is 31.1 Å². The summed E-state index contributed by atoms with van der Waals surface area (Å²) >= 11 is 0. The third-order valence-corrected chi connectivity index (χ3v) is 5.99. The molecule has 1 amide bonds. The minimum absolute atomic E-state index is 0.211. The molecule has 11 heteroatoms. The number of hydrogen-bond acceptors (Lipinski definition) is 3. The molecule has 2 saturated heterocycles. The summed E-state index contributed by atoms with van der Waals surface area (Å²) in [5, 5.41) is 3.54. The van der Waals surface area contributed by atoms with Crippen LogP contribution in [0.2, 0.25) is 0 Å². The highest BCUT2D eigenvalue weighted by Crippen LogP contribution is 2.40. The number of alkyl halides is 6. The van der Waals surface area contributed by atoms with Crippen molar-refractivity contribution in [3.05, 3.63) is 53.3 Å². The maximum atomic E-state index is 12.9. The van der Waals surface area contributed by atoms with Gasteiger partial charge < -0.3 is 4.90 Å². The molecule has 1 atom stereocenters. The first-order chi connectivity index (χ1) is 14.5. The third-order valence-electron chi connectivity index (χ3n) is 5.99. The monoisotopic (exact) mass is 446 g/mol. The van der Waals surface area contributed by atoms with E-state index in [0.29, 0.717) is 61.8 Å². The largest absolute Gasteiger partial charge is 0.419 e. The highest BCUT2D eigenvalue weighted by Gasteiger charge is 2.45. The van der Waals surface area contributed by atoms with Crippen LogP contribution in [0.15, 0.2) is 36.7 Å². The molecular weight excluding hydrogens is 426 g/mol. The molecule has 31 heavy (non-hydrogen) atoms. The van der Waals surface area contributed by atoms with Gasteiger partial charge in [-0.05, 0) is 31.0 Å². The van der Waals surface area contributed by atoms with Crippen molar-refractivity contribution in [3.8, 4) is 0 Å². The number of likely N-dealkylation sites (tertiary alicyclic amines) is 2. The highest BCUT2D eigenvalue weighted by atomic mass is 19.4. The normalized spacial score (nSPS) is 22.6. The predicted octanol–water partition coefficient (Wildman–Crippen LogP) is 4.49. The van der Waals surface area contributed by atoms with Gasteiger partial charge in [-0.25, -0.2) is 4.79 Å². The van der Waals surface area contributed by atoms with Gasteiger partial charge in [-0.1, -0.05) is 18.2 Å². The first kappa shape index (κ1) is 21.7. The first-order valence-corrected chi connectivity index (χ1v) is 9.75. The number of benzene rings is 1. The lowest BCUT2D eigenvalue weighted by atomic mass is 9.86. The van der Waals surface area contributed by atoms with Crippen LogP contribution in [0.5, 0.6) is 0 Å². The van der Waals surface area contributed by atoms with Gasteiger partial charge in [0.05, 0.1) is 17.3 Å². The molecule has 1 aromatic carbocycles. The maximum absolute atomic E-state index is 12.9. The fourth-order valence-corrected chi connectivity index (χ4v) is 4.42. The van der Waals surface area contributed by atoms with Gasteiger partial charge in [-0.3, -0.25) is 4.90 Å². The van der Waals surface area contributed by atoms with Crippen molar-refractivity contribution in [2.75, 3.05) is 26.2 Å². The summed E-state index contributed by atoms with van der Waals surface area (Å²) in [7, 11) is 0. The van der Waals surface area contributed by atoms with Crippen molar-refractivity contribution < 1.29 is 31.1 Å². The minimum Gasteiger partial charge on any atom is -0.322 e. The zero-order valence-electron chi connectivity index (χ0n) is 16.4. The van der Waals surface area contributed by atoms with Crippen molar-refractivity contribution in [1.29, 1.82) is 0 Å². The Bertz CT molecular complexity index is 969. The van der Waals surface area contributed by atoms with Gasteiger partial charge in [0.2, 0.25) is 0 Å². The van der Waals surface area contributed by atoms with Gasteiger partial charge in [-0.15, -0.1) is 0 Å². The molecule has 4 rings (SSSR count). The lowest BCUT2D eigenvalue weighted by Crippen LogP contribution is -2.36. The Balaban J connectivity index is 1.38. The van der Waals surface area contributed by atoms with E-state index in [2.05, 4.69) is 10.00 Å². The molecule has 2 aliphatic heterocycles. The molecule has 168 valence electrons. The molecule has 1 spiro atoms. The molecule has 2 aromatic rings. The molecule has 0 saturated carbocycles. The summed E-state index contributed by atoms with van der Waals surface area (Å²) in [6.07, 6.45) is -6.21. The molecule has 2 aliphatic rings. The van der Waals surface area contributed by atoms with Crippen LogP contribution in [0.1, 0.15) is 29.5 Å². The van der Waals surface area contributed by atoms with E-state index in [1.165, 1.54) is 11.0 Å². The second kappa shape index (κ2) is 7.54. The summed E-state index contributed by atoms with van der Waals surface area (Å²) in [6.45, 7) is 2.44. The van der Waals surface area contributed by atoms with E-state index in [1.807, 2.05) is 0 Å². The van der Waals surface area contributed by atoms with Crippen LogP contribution in [0.3, 0.4) is 0 Å². The number of halogens is 6. The number of amides is 1. The standard InChI is InChI=1S/C20H20F6N4O/c21-19(22,23)15-3-1-2-14(8-15)10-28-6-4-18(12-28)5-7-29(13-18)17(31)30-11-16(9-27-30)20(24,25)26/h1-3,8-9,11H,4-7,10,12-13H2. The molecule has 3 heterocycles. The fraction of sp³-hybridized carbons (Fsp3) is 0.500. The highest BCUT2D eigenvalue weighted by molar-refractivity contribution is 5.76. The quantitative estimate of drug-likeness (QED) is 0.639. The number of aromatic nitrogens is 2. The van der Waals surface area contributed by atoms with Crippen molar-refractivity contribution in [2.45, 2.75) is 31.7 Å². The van der Waals surface area contributed by atoms with Crippen molar-refractivity contribution in [3.63, 3.8) is 0 Å². The Morgan fingerprint density at radius 2 is 1.71 bits per heavy atom. The Kier molecular flexibility index (Phi) is 5.27. The number of carbonyl (C=O) groups excluding carboxylic acids is 1. The fourth-order valence-electron chi connectivity index (χ4n) is 4.42. The molecule has 0 aliphatic carbocycles. The number of carbonyl (C=O) groups is 1. The second-order valence-electron chi connectivity index (χ2n) is 8.28. The Hall–Kier alpha value is -2.56. The van der Waals surface area contributed by atoms with Gasteiger partial charge >= 0.3 is 18.4 Å². The topological polar surface area (TPSA) is 41.4 Å². The average Bonchev–Trinajstić information content (AvgIpc) is 3.41. The molecule has 1 unspecified atom stereocenters. The van der Waals surface area contributed by atoms with Crippen molar-refractivity contribution in [1.82, 2.24) is 19.6 Å². The zero-order valence-corrected chi connectivity index (χ0v) is 16.4. The Labute approximate surface area is 174 Å². The van der Waals surface area contributed by atoms with E-state index in [0.717, 1.165) is 18.6 Å². The van der Waals surface area contributed by atoms with Crippen molar-refractivity contribution in [2.24, 2.45) is 5.41 Å². The Morgan fingerprint density at radius 3 is 2.39 bits per heavy atom. The smallest absolute Gasteiger partial charge is 0.322 e. The van der Waals surface area contributed by atoms with Gasteiger partial charge in [0.15, 0.2) is 0 Å². The molecule has 0 radical (unpaired) electrons. The molecule has 2 fully saturated rings. The third kappa shape index (κ3) is 4.56. The van der Waals surface area contributed by atoms with Crippen LogP contribution in [0.25, 0.3) is 0 Å². The summed E-state index contributed by atoms with van der Waals surface area (Å²) in [5.41, 5.74) is -1.32. The van der Waals surface area contributed by atoms with E-state index in [4.69, 9.17) is 0 Å². The predicted molar refractivity (Wildman–Crippen MR) is 98.0 cm³/mol. The van der Waals surface area contributed by atoms with Gasteiger partial charge in [0.1, 0.15) is 0 Å². The van der Waals surface area contributed by atoms with E-state index >= 15 is 0 Å². The number of rotatable bonds is 2. The van der Waals surface area contributed by atoms with E-state index in [-0.39, 0.29) is 5.41 Å². The molecule has 5 nitrogen and oxygen atoms in total. The first-order valence-electron chi connectivity index (χ1n) is 9.75. The summed E-state index contributed by atoms with van der Waals surface area (Å²) in [6, 6.07) is 4.61. The SMILES string of the molecule is O=C(N1CCC2(CCN(Cc3cccc(C(F)(F)F)c3)C2)C1)n1cc(C(F)(F)F)cn1. The van der Waals surface area contributed by atoms with Crippen molar-refractivity contribution >= 4 is 6.03 Å². The van der Waals surface area contributed by atoms with E-state index in [1.54, 1.807) is 6.07 Å². The molecule has 0 bridgehead atoms.